The van der Waals surface area contributed by atoms with Crippen LogP contribution in [-0.2, 0) is 16.6 Å². The van der Waals surface area contributed by atoms with Crippen LogP contribution in [-0.4, -0.2) is 37.9 Å². The number of pyridine rings is 1. The zero-order chi connectivity index (χ0) is 24.1. The van der Waals surface area contributed by atoms with Gasteiger partial charge in [0.2, 0.25) is 17.6 Å². The molecule has 9 nitrogen and oxygen atoms in total. The lowest BCUT2D eigenvalue weighted by Gasteiger charge is -2.13. The fourth-order valence-corrected chi connectivity index (χ4v) is 3.31. The van der Waals surface area contributed by atoms with Crippen molar-refractivity contribution >= 4 is 11.7 Å². The van der Waals surface area contributed by atoms with Crippen LogP contribution in [0.1, 0.15) is 45.2 Å². The Morgan fingerprint density at radius 2 is 1.94 bits per heavy atom. The maximum absolute atomic E-state index is 12.7. The van der Waals surface area contributed by atoms with Gasteiger partial charge in [-0.05, 0) is 42.8 Å². The molecule has 0 atom stereocenters. The smallest absolute Gasteiger partial charge is 0.226 e. The molecule has 176 valence electrons. The van der Waals surface area contributed by atoms with Crippen molar-refractivity contribution in [2.24, 2.45) is 0 Å². The summed E-state index contributed by atoms with van der Waals surface area (Å²) in [4.78, 5) is 21.5. The molecule has 9 heteroatoms. The molecule has 0 fully saturated rings. The summed E-state index contributed by atoms with van der Waals surface area (Å²) >= 11 is 0. The Labute approximate surface area is 198 Å². The molecule has 0 saturated heterocycles. The summed E-state index contributed by atoms with van der Waals surface area (Å²) in [6.45, 7) is 6.23. The van der Waals surface area contributed by atoms with E-state index in [2.05, 4.69) is 46.3 Å². The number of amides is 1. The van der Waals surface area contributed by atoms with Crippen LogP contribution in [0, 0.1) is 0 Å². The summed E-state index contributed by atoms with van der Waals surface area (Å²) in [5.41, 5.74) is 1.54. The van der Waals surface area contributed by atoms with Crippen molar-refractivity contribution < 1.29 is 14.1 Å². The molecule has 4 aromatic rings. The van der Waals surface area contributed by atoms with Crippen LogP contribution in [0.25, 0.3) is 17.2 Å². The number of benzene rings is 1. The first-order valence-corrected chi connectivity index (χ1v) is 11.1. The summed E-state index contributed by atoms with van der Waals surface area (Å²) in [5.74, 6) is 2.88. The third-order valence-corrected chi connectivity index (χ3v) is 5.22. The first kappa shape index (κ1) is 23.2. The molecule has 0 aliphatic carbocycles. The van der Waals surface area contributed by atoms with Crippen LogP contribution in [0.3, 0.4) is 0 Å². The number of anilines is 1. The summed E-state index contributed by atoms with van der Waals surface area (Å²) in [7, 11) is 1.62. The topological polar surface area (TPSA) is 108 Å². The molecule has 4 rings (SSSR count). The molecule has 1 aromatic carbocycles. The third-order valence-electron chi connectivity index (χ3n) is 5.22. The van der Waals surface area contributed by atoms with E-state index in [1.807, 2.05) is 48.5 Å². The van der Waals surface area contributed by atoms with Crippen molar-refractivity contribution in [3.8, 4) is 23.0 Å². The molecule has 0 bridgehead atoms. The molecular weight excluding hydrogens is 432 g/mol. The third kappa shape index (κ3) is 5.48. The number of nitrogens with one attached hydrogen (secondary N) is 1. The van der Waals surface area contributed by atoms with E-state index in [-0.39, 0.29) is 11.3 Å². The summed E-state index contributed by atoms with van der Waals surface area (Å²) in [6.07, 6.45) is 3.08. The van der Waals surface area contributed by atoms with Crippen molar-refractivity contribution in [1.29, 1.82) is 0 Å². The number of aromatic nitrogens is 5. The van der Waals surface area contributed by atoms with Gasteiger partial charge in [-0.2, -0.15) is 14.8 Å². The van der Waals surface area contributed by atoms with Crippen molar-refractivity contribution in [3.05, 3.63) is 66.3 Å². The molecule has 1 amide bonds. The number of ether oxygens (including phenoxy) is 1. The van der Waals surface area contributed by atoms with Crippen LogP contribution in [0.15, 0.2) is 59.3 Å². The zero-order valence-electron chi connectivity index (χ0n) is 19.8. The number of rotatable bonds is 8. The molecule has 3 aromatic heterocycles. The maximum Gasteiger partial charge on any atom is 0.226 e. The largest absolute Gasteiger partial charge is 0.497 e. The van der Waals surface area contributed by atoms with Crippen molar-refractivity contribution in [3.63, 3.8) is 0 Å². The lowest BCUT2D eigenvalue weighted by atomic mass is 9.92. The van der Waals surface area contributed by atoms with Gasteiger partial charge in [0.25, 0.3) is 0 Å². The van der Waals surface area contributed by atoms with Crippen LogP contribution >= 0.6 is 0 Å². The Balaban J connectivity index is 1.37. The lowest BCUT2D eigenvalue weighted by Crippen LogP contribution is -2.15. The van der Waals surface area contributed by atoms with Gasteiger partial charge >= 0.3 is 0 Å². The van der Waals surface area contributed by atoms with Gasteiger partial charge in [-0.1, -0.05) is 32.0 Å². The average molecular weight is 461 g/mol. The minimum Gasteiger partial charge on any atom is -0.497 e. The SMILES string of the molecule is COc1ccc(-c2noc(CCCC(=O)Nc3cc(C(C)(C)C)nn3-c3ccccn3)n2)cc1. The predicted molar refractivity (Wildman–Crippen MR) is 128 cm³/mol. The van der Waals surface area contributed by atoms with Gasteiger partial charge < -0.3 is 14.6 Å². The molecule has 34 heavy (non-hydrogen) atoms. The fraction of sp³-hybridized carbons (Fsp3) is 0.320. The van der Waals surface area contributed by atoms with Gasteiger partial charge in [0.1, 0.15) is 11.6 Å². The van der Waals surface area contributed by atoms with Crippen LogP contribution in [0.2, 0.25) is 0 Å². The van der Waals surface area contributed by atoms with E-state index in [1.165, 1.54) is 0 Å². The standard InChI is InChI=1S/C25H28N6O3/c1-25(2,3)19-16-21(31(29-19)20-8-5-6-15-26-20)27-22(32)9-7-10-23-28-24(30-34-23)17-11-13-18(33-4)14-12-17/h5-6,8,11-16H,7,9-10H2,1-4H3,(H,27,32). The second-order valence-electron chi connectivity index (χ2n) is 8.91. The molecule has 1 N–H and O–H groups in total. The molecule has 3 heterocycles. The Kier molecular flexibility index (Phi) is 6.72. The molecule has 0 unspecified atom stereocenters. The Morgan fingerprint density at radius 3 is 2.62 bits per heavy atom. The second-order valence-corrected chi connectivity index (χ2v) is 8.91. The predicted octanol–water partition coefficient (Wildman–Crippen LogP) is 4.58. The minimum atomic E-state index is -0.168. The zero-order valence-corrected chi connectivity index (χ0v) is 19.8. The van der Waals surface area contributed by atoms with E-state index in [0.717, 1.165) is 17.0 Å². The number of carbonyl (C=O) groups is 1. The van der Waals surface area contributed by atoms with Crippen LogP contribution in [0.4, 0.5) is 5.82 Å². The Hall–Kier alpha value is -4.01. The normalized spacial score (nSPS) is 11.4. The van der Waals surface area contributed by atoms with Gasteiger partial charge in [-0.25, -0.2) is 4.98 Å². The summed E-state index contributed by atoms with van der Waals surface area (Å²) in [6, 6.07) is 14.9. The average Bonchev–Trinajstić information content (AvgIpc) is 3.47. The highest BCUT2D eigenvalue weighted by atomic mass is 16.5. The Bertz CT molecular complexity index is 1240. The molecule has 0 spiro atoms. The van der Waals surface area contributed by atoms with Gasteiger partial charge in [0.05, 0.1) is 12.8 Å². The van der Waals surface area contributed by atoms with E-state index >= 15 is 0 Å². The van der Waals surface area contributed by atoms with Gasteiger partial charge in [0.15, 0.2) is 5.82 Å². The second kappa shape index (κ2) is 9.86. The number of hydrogen-bond donors (Lipinski definition) is 1. The van der Waals surface area contributed by atoms with E-state index in [1.54, 1.807) is 18.0 Å². The van der Waals surface area contributed by atoms with Gasteiger partial charge in [0, 0.05) is 36.1 Å². The van der Waals surface area contributed by atoms with Crippen LogP contribution < -0.4 is 10.1 Å². The van der Waals surface area contributed by atoms with Crippen molar-refractivity contribution in [2.75, 3.05) is 12.4 Å². The number of carbonyl (C=O) groups excluding carboxylic acids is 1. The quantitative estimate of drug-likeness (QED) is 0.410. The number of aryl methyl sites for hydroxylation is 1. The monoisotopic (exact) mass is 460 g/mol. The number of methoxy groups -OCH3 is 1. The molecular formula is C25H28N6O3. The highest BCUT2D eigenvalue weighted by Crippen LogP contribution is 2.26. The van der Waals surface area contributed by atoms with E-state index in [9.17, 15) is 4.79 Å². The van der Waals surface area contributed by atoms with Crippen molar-refractivity contribution in [1.82, 2.24) is 24.9 Å². The van der Waals surface area contributed by atoms with Crippen LogP contribution in [0.5, 0.6) is 5.75 Å². The molecule has 0 saturated carbocycles. The van der Waals surface area contributed by atoms with Gasteiger partial charge in [-0.15, -0.1) is 0 Å². The minimum absolute atomic E-state index is 0.118. The number of nitrogens with zero attached hydrogens (tertiary/aromatic N) is 5. The highest BCUT2D eigenvalue weighted by Gasteiger charge is 2.22. The first-order chi connectivity index (χ1) is 16.3. The molecule has 0 aliphatic heterocycles. The van der Waals surface area contributed by atoms with E-state index in [0.29, 0.717) is 42.6 Å². The number of hydrogen-bond acceptors (Lipinski definition) is 7. The van der Waals surface area contributed by atoms with Crippen molar-refractivity contribution in [2.45, 2.75) is 45.4 Å². The Morgan fingerprint density at radius 1 is 1.15 bits per heavy atom. The lowest BCUT2D eigenvalue weighted by molar-refractivity contribution is -0.116. The van der Waals surface area contributed by atoms with E-state index < -0.39 is 0 Å². The summed E-state index contributed by atoms with van der Waals surface area (Å²) < 4.78 is 12.2. The van der Waals surface area contributed by atoms with Gasteiger partial charge in [-0.3, -0.25) is 4.79 Å². The fourth-order valence-electron chi connectivity index (χ4n) is 3.31. The van der Waals surface area contributed by atoms with E-state index in [4.69, 9.17) is 9.26 Å². The first-order valence-electron chi connectivity index (χ1n) is 11.1. The molecule has 0 radical (unpaired) electrons. The molecule has 0 aliphatic rings. The summed E-state index contributed by atoms with van der Waals surface area (Å²) in [5, 5.41) is 11.7. The maximum atomic E-state index is 12.7. The highest BCUT2D eigenvalue weighted by molar-refractivity contribution is 5.90.